The van der Waals surface area contributed by atoms with Gasteiger partial charge in [0.25, 0.3) is 0 Å². The van der Waals surface area contributed by atoms with E-state index in [0.29, 0.717) is 11.3 Å². The first-order chi connectivity index (χ1) is 11.4. The van der Waals surface area contributed by atoms with Crippen LogP contribution in [0, 0.1) is 23.7 Å². The average molecular weight is 324 g/mol. The van der Waals surface area contributed by atoms with Gasteiger partial charge in [-0.25, -0.2) is 9.48 Å². The number of aryl methyl sites for hydroxylation is 1. The standard InChI is InChI=1S/C18H20N4O2/c1-5-24-18(23)16-15(11(2)3)14(10-19)17(20)22(21-16)13-8-6-12(4)7-9-13/h6-9,11,20H,5H2,1-4H3. The molecule has 2 aromatic rings. The van der Waals surface area contributed by atoms with E-state index in [4.69, 9.17) is 10.1 Å². The first-order valence-electron chi connectivity index (χ1n) is 7.76. The van der Waals surface area contributed by atoms with Crippen LogP contribution in [-0.2, 0) is 4.74 Å². The highest BCUT2D eigenvalue weighted by atomic mass is 16.5. The van der Waals surface area contributed by atoms with Gasteiger partial charge in [-0.1, -0.05) is 31.5 Å². The molecule has 1 aromatic heterocycles. The second-order valence-electron chi connectivity index (χ2n) is 5.72. The van der Waals surface area contributed by atoms with E-state index < -0.39 is 5.97 Å². The van der Waals surface area contributed by atoms with Gasteiger partial charge in [0.1, 0.15) is 11.6 Å². The van der Waals surface area contributed by atoms with E-state index in [1.807, 2.05) is 39.0 Å². The van der Waals surface area contributed by atoms with E-state index in [2.05, 4.69) is 5.10 Å². The highest BCUT2D eigenvalue weighted by molar-refractivity contribution is 5.89. The predicted octanol–water partition coefficient (Wildman–Crippen LogP) is 2.83. The quantitative estimate of drug-likeness (QED) is 0.875. The van der Waals surface area contributed by atoms with Crippen LogP contribution in [0.4, 0.5) is 0 Å². The number of nitrogens with one attached hydrogen (secondary N) is 1. The number of hydrogen-bond acceptors (Lipinski definition) is 5. The summed E-state index contributed by atoms with van der Waals surface area (Å²) >= 11 is 0. The first-order valence-corrected chi connectivity index (χ1v) is 7.76. The van der Waals surface area contributed by atoms with Crippen LogP contribution < -0.4 is 5.49 Å². The smallest absolute Gasteiger partial charge is 0.359 e. The van der Waals surface area contributed by atoms with Crippen LogP contribution in [0.25, 0.3) is 5.69 Å². The number of carbonyl (C=O) groups excluding carboxylic acids is 1. The van der Waals surface area contributed by atoms with Gasteiger partial charge in [0.05, 0.1) is 12.3 Å². The van der Waals surface area contributed by atoms with Gasteiger partial charge in [0.15, 0.2) is 11.2 Å². The van der Waals surface area contributed by atoms with Gasteiger partial charge in [0.2, 0.25) is 0 Å². The number of benzene rings is 1. The largest absolute Gasteiger partial charge is 0.461 e. The number of esters is 1. The third kappa shape index (κ3) is 3.20. The molecule has 124 valence electrons. The average Bonchev–Trinajstić information content (AvgIpc) is 2.55. The Morgan fingerprint density at radius 2 is 2.00 bits per heavy atom. The Hall–Kier alpha value is -2.94. The number of nitrogens with zero attached hydrogens (tertiary/aromatic N) is 3. The predicted molar refractivity (Wildman–Crippen MR) is 88.9 cm³/mol. The van der Waals surface area contributed by atoms with Crippen LogP contribution >= 0.6 is 0 Å². The molecule has 1 aromatic carbocycles. The Balaban J connectivity index is 2.81. The lowest BCUT2D eigenvalue weighted by molar-refractivity contribution is 0.0515. The van der Waals surface area contributed by atoms with Gasteiger partial charge in [-0.15, -0.1) is 0 Å². The molecule has 24 heavy (non-hydrogen) atoms. The summed E-state index contributed by atoms with van der Waals surface area (Å²) in [6.07, 6.45) is 0. The lowest BCUT2D eigenvalue weighted by Gasteiger charge is -2.16. The number of carbonyl (C=O) groups is 1. The minimum atomic E-state index is -0.585. The Labute approximate surface area is 140 Å². The molecule has 6 heteroatoms. The van der Waals surface area contributed by atoms with E-state index in [1.165, 1.54) is 4.68 Å². The summed E-state index contributed by atoms with van der Waals surface area (Å²) in [5, 5.41) is 22.2. The summed E-state index contributed by atoms with van der Waals surface area (Å²) in [5.41, 5.74) is 2.31. The van der Waals surface area contributed by atoms with Gasteiger partial charge in [-0.2, -0.15) is 10.4 Å². The van der Waals surface area contributed by atoms with Crippen molar-refractivity contribution in [2.75, 3.05) is 6.61 Å². The zero-order chi connectivity index (χ0) is 17.9. The SMILES string of the molecule is CCOC(=O)c1nn(-c2ccc(C)cc2)c(=N)c(C#N)c1C(C)C. The minimum Gasteiger partial charge on any atom is -0.461 e. The molecule has 2 rings (SSSR count). The molecule has 0 saturated heterocycles. The maximum Gasteiger partial charge on any atom is 0.359 e. The Morgan fingerprint density at radius 3 is 2.50 bits per heavy atom. The molecule has 0 atom stereocenters. The Bertz CT molecular complexity index is 858. The molecule has 0 saturated carbocycles. The monoisotopic (exact) mass is 324 g/mol. The number of nitriles is 1. The van der Waals surface area contributed by atoms with Crippen molar-refractivity contribution in [3.63, 3.8) is 0 Å². The molecule has 0 fully saturated rings. The van der Waals surface area contributed by atoms with Crippen molar-refractivity contribution >= 4 is 5.97 Å². The molecule has 0 radical (unpaired) electrons. The first kappa shape index (κ1) is 17.4. The zero-order valence-electron chi connectivity index (χ0n) is 14.3. The van der Waals surface area contributed by atoms with Gasteiger partial charge in [0, 0.05) is 5.56 Å². The van der Waals surface area contributed by atoms with Crippen LogP contribution in [0.15, 0.2) is 24.3 Å². The fraction of sp³-hybridized carbons (Fsp3) is 0.333. The summed E-state index contributed by atoms with van der Waals surface area (Å²) < 4.78 is 6.38. The van der Waals surface area contributed by atoms with E-state index in [9.17, 15) is 10.1 Å². The molecular formula is C18H20N4O2. The molecule has 0 aliphatic heterocycles. The van der Waals surface area contributed by atoms with Crippen molar-refractivity contribution in [3.8, 4) is 11.8 Å². The van der Waals surface area contributed by atoms with Crippen molar-refractivity contribution in [1.29, 1.82) is 10.7 Å². The maximum absolute atomic E-state index is 12.3. The van der Waals surface area contributed by atoms with Gasteiger partial charge in [-0.3, -0.25) is 5.41 Å². The lowest BCUT2D eigenvalue weighted by Crippen LogP contribution is -2.30. The van der Waals surface area contributed by atoms with Gasteiger partial charge in [-0.05, 0) is 31.9 Å². The molecule has 0 aliphatic carbocycles. The number of aromatic nitrogens is 2. The minimum absolute atomic E-state index is 0.0434. The summed E-state index contributed by atoms with van der Waals surface area (Å²) in [5.74, 6) is -0.720. The van der Waals surface area contributed by atoms with E-state index in [0.717, 1.165) is 5.56 Å². The molecule has 0 bridgehead atoms. The Kier molecular flexibility index (Phi) is 5.14. The Morgan fingerprint density at radius 1 is 1.38 bits per heavy atom. The van der Waals surface area contributed by atoms with E-state index in [1.54, 1.807) is 19.1 Å². The third-order valence-corrected chi connectivity index (χ3v) is 3.61. The summed E-state index contributed by atoms with van der Waals surface area (Å²) in [6.45, 7) is 7.60. The van der Waals surface area contributed by atoms with Crippen LogP contribution in [0.1, 0.15) is 53.9 Å². The molecule has 0 aliphatic rings. The summed E-state index contributed by atoms with van der Waals surface area (Å²) in [6, 6.07) is 9.41. The molecule has 6 nitrogen and oxygen atoms in total. The van der Waals surface area contributed by atoms with Crippen molar-refractivity contribution in [2.24, 2.45) is 0 Å². The van der Waals surface area contributed by atoms with Crippen LogP contribution in [0.2, 0.25) is 0 Å². The van der Waals surface area contributed by atoms with Crippen molar-refractivity contribution in [2.45, 2.75) is 33.6 Å². The van der Waals surface area contributed by atoms with Crippen molar-refractivity contribution in [3.05, 3.63) is 52.1 Å². The van der Waals surface area contributed by atoms with E-state index >= 15 is 0 Å². The summed E-state index contributed by atoms with van der Waals surface area (Å²) in [4.78, 5) is 12.3. The highest BCUT2D eigenvalue weighted by Gasteiger charge is 2.24. The van der Waals surface area contributed by atoms with E-state index in [-0.39, 0.29) is 29.3 Å². The fourth-order valence-electron chi connectivity index (χ4n) is 2.45. The second kappa shape index (κ2) is 7.09. The highest BCUT2D eigenvalue weighted by Crippen LogP contribution is 2.21. The topological polar surface area (TPSA) is 91.8 Å². The molecule has 0 amide bonds. The maximum atomic E-state index is 12.3. The number of rotatable bonds is 4. The third-order valence-electron chi connectivity index (χ3n) is 3.61. The van der Waals surface area contributed by atoms with Crippen molar-refractivity contribution in [1.82, 2.24) is 9.78 Å². The molecule has 1 heterocycles. The molecule has 1 N–H and O–H groups in total. The summed E-state index contributed by atoms with van der Waals surface area (Å²) in [7, 11) is 0. The van der Waals surface area contributed by atoms with Crippen LogP contribution in [0.5, 0.6) is 0 Å². The van der Waals surface area contributed by atoms with Gasteiger partial charge < -0.3 is 4.74 Å². The number of ether oxygens (including phenoxy) is 1. The molecular weight excluding hydrogens is 304 g/mol. The molecule has 0 unspecified atom stereocenters. The zero-order valence-corrected chi connectivity index (χ0v) is 14.3. The fourth-order valence-corrected chi connectivity index (χ4v) is 2.45. The van der Waals surface area contributed by atoms with Crippen molar-refractivity contribution < 1.29 is 9.53 Å². The van der Waals surface area contributed by atoms with Gasteiger partial charge >= 0.3 is 5.97 Å². The van der Waals surface area contributed by atoms with Crippen LogP contribution in [-0.4, -0.2) is 22.4 Å². The lowest BCUT2D eigenvalue weighted by atomic mass is 9.97. The second-order valence-corrected chi connectivity index (χ2v) is 5.72. The number of hydrogen-bond donors (Lipinski definition) is 1. The normalized spacial score (nSPS) is 10.5. The van der Waals surface area contributed by atoms with Crippen LogP contribution in [0.3, 0.4) is 0 Å². The molecule has 0 spiro atoms.